The maximum absolute atomic E-state index is 11.2. The van der Waals surface area contributed by atoms with Gasteiger partial charge in [-0.3, -0.25) is 4.40 Å². The zero-order valence-electron chi connectivity index (χ0n) is 10.2. The van der Waals surface area contributed by atoms with E-state index < -0.39 is 5.97 Å². The third kappa shape index (κ3) is 2.19. The summed E-state index contributed by atoms with van der Waals surface area (Å²) in [6.07, 6.45) is 1.82. The number of aromatic nitrogens is 3. The predicted molar refractivity (Wildman–Crippen MR) is 74.9 cm³/mol. The van der Waals surface area contributed by atoms with Crippen molar-refractivity contribution in [1.29, 1.82) is 0 Å². The lowest BCUT2D eigenvalue weighted by Crippen LogP contribution is -2.00. The molecule has 0 spiro atoms. The number of nitrogen functional groups attached to an aromatic ring is 1. The van der Waals surface area contributed by atoms with Gasteiger partial charge in [-0.25, -0.2) is 4.79 Å². The van der Waals surface area contributed by atoms with Crippen LogP contribution in [0.1, 0.15) is 10.4 Å². The Morgan fingerprint density at radius 3 is 2.90 bits per heavy atom. The van der Waals surface area contributed by atoms with Crippen LogP contribution in [-0.4, -0.2) is 25.7 Å². The highest BCUT2D eigenvalue weighted by Crippen LogP contribution is 2.31. The molecular formula is C13H10N4O2S. The summed E-state index contributed by atoms with van der Waals surface area (Å²) < 4.78 is 1.79. The van der Waals surface area contributed by atoms with E-state index in [2.05, 4.69) is 10.2 Å². The van der Waals surface area contributed by atoms with Crippen LogP contribution in [0.15, 0.2) is 52.6 Å². The van der Waals surface area contributed by atoms with Crippen molar-refractivity contribution in [1.82, 2.24) is 14.6 Å². The number of carboxylic acid groups (broad SMARTS) is 1. The van der Waals surface area contributed by atoms with E-state index in [1.807, 2.05) is 24.4 Å². The maximum atomic E-state index is 11.2. The van der Waals surface area contributed by atoms with Crippen molar-refractivity contribution in [3.63, 3.8) is 0 Å². The first-order valence-electron chi connectivity index (χ1n) is 5.75. The van der Waals surface area contributed by atoms with Gasteiger partial charge in [0.05, 0.1) is 5.56 Å². The second-order valence-electron chi connectivity index (χ2n) is 4.07. The fourth-order valence-electron chi connectivity index (χ4n) is 1.79. The molecule has 0 aliphatic rings. The van der Waals surface area contributed by atoms with E-state index in [0.29, 0.717) is 21.4 Å². The van der Waals surface area contributed by atoms with E-state index in [1.54, 1.807) is 16.5 Å². The molecule has 7 heteroatoms. The van der Waals surface area contributed by atoms with E-state index >= 15 is 0 Å². The Balaban J connectivity index is 2.07. The molecule has 6 nitrogen and oxygen atoms in total. The van der Waals surface area contributed by atoms with E-state index in [1.165, 1.54) is 17.8 Å². The SMILES string of the molecule is Nc1ccc(C(=O)O)c(Sc2nnc3ccccn23)c1. The Hall–Kier alpha value is -2.54. The van der Waals surface area contributed by atoms with Gasteiger partial charge in [-0.2, -0.15) is 0 Å². The molecule has 2 aromatic heterocycles. The van der Waals surface area contributed by atoms with Gasteiger partial charge in [0.25, 0.3) is 0 Å². The Bertz CT molecular complexity index is 800. The van der Waals surface area contributed by atoms with Crippen LogP contribution < -0.4 is 5.73 Å². The number of benzene rings is 1. The fourth-order valence-corrected chi connectivity index (χ4v) is 2.78. The van der Waals surface area contributed by atoms with Crippen molar-refractivity contribution >= 4 is 29.1 Å². The number of nitrogens with zero attached hydrogens (tertiary/aromatic N) is 3. The number of carbonyl (C=O) groups is 1. The summed E-state index contributed by atoms with van der Waals surface area (Å²) in [6.45, 7) is 0. The smallest absolute Gasteiger partial charge is 0.336 e. The van der Waals surface area contributed by atoms with Crippen molar-refractivity contribution in [2.45, 2.75) is 10.1 Å². The van der Waals surface area contributed by atoms with Gasteiger partial charge < -0.3 is 10.8 Å². The molecule has 20 heavy (non-hydrogen) atoms. The summed E-state index contributed by atoms with van der Waals surface area (Å²) in [7, 11) is 0. The quantitative estimate of drug-likeness (QED) is 0.717. The molecule has 0 bridgehead atoms. The standard InChI is InChI=1S/C13H10N4O2S/c14-8-4-5-9(12(18)19)10(7-8)20-13-16-15-11-3-1-2-6-17(11)13/h1-7H,14H2,(H,18,19). The minimum Gasteiger partial charge on any atom is -0.478 e. The number of rotatable bonds is 3. The normalized spacial score (nSPS) is 10.8. The molecule has 100 valence electrons. The average molecular weight is 286 g/mol. The van der Waals surface area contributed by atoms with Crippen LogP contribution in [0.3, 0.4) is 0 Å². The van der Waals surface area contributed by atoms with Crippen LogP contribution in [-0.2, 0) is 0 Å². The molecule has 0 atom stereocenters. The van der Waals surface area contributed by atoms with Gasteiger partial charge in [-0.15, -0.1) is 10.2 Å². The van der Waals surface area contributed by atoms with E-state index in [9.17, 15) is 9.90 Å². The summed E-state index contributed by atoms with van der Waals surface area (Å²) in [5, 5.41) is 17.9. The minimum absolute atomic E-state index is 0.192. The summed E-state index contributed by atoms with van der Waals surface area (Å²) in [6, 6.07) is 10.2. The third-order valence-corrected chi connectivity index (χ3v) is 3.74. The predicted octanol–water partition coefficient (Wildman–Crippen LogP) is 2.16. The molecule has 2 heterocycles. The summed E-state index contributed by atoms with van der Waals surface area (Å²) in [5.74, 6) is -0.999. The number of anilines is 1. The molecule has 0 aliphatic carbocycles. The Labute approximate surface area is 118 Å². The first-order valence-corrected chi connectivity index (χ1v) is 6.57. The molecular weight excluding hydrogens is 276 g/mol. The zero-order chi connectivity index (χ0) is 14.1. The summed E-state index contributed by atoms with van der Waals surface area (Å²) in [4.78, 5) is 11.8. The molecule has 0 fully saturated rings. The van der Waals surface area contributed by atoms with E-state index in [0.717, 1.165) is 0 Å². The van der Waals surface area contributed by atoms with Crippen molar-refractivity contribution in [2.75, 3.05) is 5.73 Å². The lowest BCUT2D eigenvalue weighted by molar-refractivity contribution is 0.0693. The lowest BCUT2D eigenvalue weighted by Gasteiger charge is -2.05. The van der Waals surface area contributed by atoms with E-state index in [4.69, 9.17) is 5.73 Å². The highest BCUT2D eigenvalue weighted by Gasteiger charge is 2.14. The topological polar surface area (TPSA) is 93.5 Å². The van der Waals surface area contributed by atoms with Gasteiger partial charge in [0.2, 0.25) is 0 Å². The molecule has 0 saturated heterocycles. The maximum Gasteiger partial charge on any atom is 0.336 e. The summed E-state index contributed by atoms with van der Waals surface area (Å²) >= 11 is 1.22. The van der Waals surface area contributed by atoms with Crippen LogP contribution in [0, 0.1) is 0 Å². The van der Waals surface area contributed by atoms with Crippen molar-refractivity contribution in [2.24, 2.45) is 0 Å². The molecule has 0 radical (unpaired) electrons. The van der Waals surface area contributed by atoms with Gasteiger partial charge in [0.1, 0.15) is 0 Å². The highest BCUT2D eigenvalue weighted by molar-refractivity contribution is 7.99. The largest absolute Gasteiger partial charge is 0.478 e. The number of carboxylic acids is 1. The monoisotopic (exact) mass is 286 g/mol. The van der Waals surface area contributed by atoms with Crippen LogP contribution >= 0.6 is 11.8 Å². The number of fused-ring (bicyclic) bond motifs is 1. The molecule has 0 unspecified atom stereocenters. The van der Waals surface area contributed by atoms with Gasteiger partial charge >= 0.3 is 5.97 Å². The van der Waals surface area contributed by atoms with Crippen molar-refractivity contribution < 1.29 is 9.90 Å². The second-order valence-corrected chi connectivity index (χ2v) is 5.08. The Morgan fingerprint density at radius 1 is 1.25 bits per heavy atom. The zero-order valence-corrected chi connectivity index (χ0v) is 11.0. The lowest BCUT2D eigenvalue weighted by atomic mass is 10.2. The van der Waals surface area contributed by atoms with Gasteiger partial charge in [0, 0.05) is 16.8 Å². The first-order chi connectivity index (χ1) is 9.65. The molecule has 1 aromatic carbocycles. The van der Waals surface area contributed by atoms with Crippen LogP contribution in [0.25, 0.3) is 5.65 Å². The van der Waals surface area contributed by atoms with Gasteiger partial charge in [0.15, 0.2) is 10.8 Å². The molecule has 3 aromatic rings. The van der Waals surface area contributed by atoms with Gasteiger partial charge in [-0.05, 0) is 42.1 Å². The van der Waals surface area contributed by atoms with E-state index in [-0.39, 0.29) is 5.56 Å². The second kappa shape index (κ2) is 4.86. The Kier molecular flexibility index (Phi) is 3.03. The Morgan fingerprint density at radius 2 is 2.10 bits per heavy atom. The molecule has 3 N–H and O–H groups in total. The number of nitrogens with two attached hydrogens (primary N) is 1. The van der Waals surface area contributed by atoms with Crippen molar-refractivity contribution in [3.05, 3.63) is 48.2 Å². The van der Waals surface area contributed by atoms with Crippen LogP contribution in [0.5, 0.6) is 0 Å². The fraction of sp³-hybridized carbons (Fsp3) is 0. The molecule has 0 amide bonds. The number of hydrogen-bond acceptors (Lipinski definition) is 5. The third-order valence-electron chi connectivity index (χ3n) is 2.72. The molecule has 3 rings (SSSR count). The van der Waals surface area contributed by atoms with Crippen LogP contribution in [0.4, 0.5) is 5.69 Å². The summed E-state index contributed by atoms with van der Waals surface area (Å²) in [5.41, 5.74) is 7.12. The average Bonchev–Trinajstić information content (AvgIpc) is 2.82. The minimum atomic E-state index is -0.999. The molecule has 0 aliphatic heterocycles. The molecule has 0 saturated carbocycles. The van der Waals surface area contributed by atoms with Crippen LogP contribution in [0.2, 0.25) is 0 Å². The highest BCUT2D eigenvalue weighted by atomic mass is 32.2. The number of hydrogen-bond donors (Lipinski definition) is 2. The first kappa shape index (κ1) is 12.5. The number of pyridine rings is 1. The van der Waals surface area contributed by atoms with Gasteiger partial charge in [-0.1, -0.05) is 6.07 Å². The van der Waals surface area contributed by atoms with Crippen molar-refractivity contribution in [3.8, 4) is 0 Å². The number of aromatic carboxylic acids is 1.